The molecule has 0 aromatic heterocycles. The van der Waals surface area contributed by atoms with E-state index in [1.807, 2.05) is 6.92 Å². The molecule has 1 aromatic rings. The first kappa shape index (κ1) is 21.7. The lowest BCUT2D eigenvalue weighted by Gasteiger charge is -2.30. The number of benzene rings is 1. The normalized spacial score (nSPS) is 17.5. The second kappa shape index (κ2) is 9.53. The van der Waals surface area contributed by atoms with Crippen molar-refractivity contribution in [2.75, 3.05) is 28.3 Å². The summed E-state index contributed by atoms with van der Waals surface area (Å²) < 4.78 is 38.5. The Morgan fingerprint density at radius 2 is 2.07 bits per heavy atom. The molecule has 1 N–H and O–H groups in total. The fourth-order valence-electron chi connectivity index (χ4n) is 3.64. The first-order valence-electron chi connectivity index (χ1n) is 9.80. The highest BCUT2D eigenvalue weighted by Gasteiger charge is 2.29. The molecule has 0 spiro atoms. The van der Waals surface area contributed by atoms with Crippen LogP contribution in [-0.2, 0) is 14.6 Å². The van der Waals surface area contributed by atoms with Crippen LogP contribution >= 0.6 is 0 Å². The van der Waals surface area contributed by atoms with Crippen LogP contribution in [0.1, 0.15) is 52.9 Å². The van der Waals surface area contributed by atoms with E-state index >= 15 is 0 Å². The molecular formula is C20H31FN2O3S. The van der Waals surface area contributed by atoms with Crippen molar-refractivity contribution in [3.63, 3.8) is 0 Å². The largest absolute Gasteiger partial charge is 0.366 e. The van der Waals surface area contributed by atoms with Gasteiger partial charge in [0.2, 0.25) is 5.91 Å². The maximum Gasteiger partial charge on any atom is 0.239 e. The number of nitrogens with one attached hydrogen (secondary N) is 1. The number of halogens is 1. The molecule has 27 heavy (non-hydrogen) atoms. The molecule has 1 saturated heterocycles. The van der Waals surface area contributed by atoms with Crippen molar-refractivity contribution in [1.29, 1.82) is 0 Å². The van der Waals surface area contributed by atoms with Crippen molar-refractivity contribution in [3.05, 3.63) is 24.0 Å². The zero-order valence-corrected chi connectivity index (χ0v) is 17.3. The number of nitrogens with zero attached hydrogens (tertiary/aromatic N) is 1. The summed E-state index contributed by atoms with van der Waals surface area (Å²) in [5, 5.41) is 2.50. The van der Waals surface area contributed by atoms with E-state index in [0.717, 1.165) is 32.2 Å². The average molecular weight is 399 g/mol. The molecule has 0 radical (unpaired) electrons. The van der Waals surface area contributed by atoms with Gasteiger partial charge in [0, 0.05) is 18.3 Å². The maximum absolute atomic E-state index is 14.6. The summed E-state index contributed by atoms with van der Waals surface area (Å²) >= 11 is 0. The lowest BCUT2D eigenvalue weighted by molar-refractivity contribution is -0.113. The molecule has 1 aliphatic rings. The van der Waals surface area contributed by atoms with E-state index in [2.05, 4.69) is 24.1 Å². The highest BCUT2D eigenvalue weighted by Crippen LogP contribution is 2.32. The van der Waals surface area contributed by atoms with Crippen molar-refractivity contribution in [2.45, 2.75) is 58.9 Å². The average Bonchev–Trinajstić information content (AvgIpc) is 3.04. The Hall–Kier alpha value is -1.63. The molecule has 0 unspecified atom stereocenters. The molecule has 0 bridgehead atoms. The van der Waals surface area contributed by atoms with Crippen LogP contribution in [-0.4, -0.2) is 38.4 Å². The van der Waals surface area contributed by atoms with Crippen molar-refractivity contribution >= 4 is 27.1 Å². The lowest BCUT2D eigenvalue weighted by atomic mass is 10.0. The molecule has 0 saturated carbocycles. The molecule has 152 valence electrons. The van der Waals surface area contributed by atoms with Gasteiger partial charge in [-0.1, -0.05) is 33.6 Å². The maximum atomic E-state index is 14.6. The highest BCUT2D eigenvalue weighted by molar-refractivity contribution is 7.92. The van der Waals surface area contributed by atoms with Crippen molar-refractivity contribution in [1.82, 2.24) is 0 Å². The molecule has 1 heterocycles. The van der Waals surface area contributed by atoms with Gasteiger partial charge in [-0.05, 0) is 43.4 Å². The van der Waals surface area contributed by atoms with Gasteiger partial charge in [0.25, 0.3) is 0 Å². The first-order valence-corrected chi connectivity index (χ1v) is 11.6. The third-order valence-electron chi connectivity index (χ3n) is 5.02. The summed E-state index contributed by atoms with van der Waals surface area (Å²) in [5.41, 5.74) is 0.821. The van der Waals surface area contributed by atoms with E-state index < -0.39 is 27.3 Å². The Morgan fingerprint density at radius 1 is 1.33 bits per heavy atom. The second-order valence-electron chi connectivity index (χ2n) is 7.66. The highest BCUT2D eigenvalue weighted by atomic mass is 32.2. The number of rotatable bonds is 9. The standard InChI is InChI=1S/C20H31FN2O3S/c1-4-5-6-12-27(25,26)14-20(24)22-16-9-10-19(17(21)13-16)23-11-7-8-18(23)15(2)3/h9-10,13,15,18H,4-8,11-12,14H2,1-3H3,(H,22,24)/t18-/m0/s1. The van der Waals surface area contributed by atoms with Crippen LogP contribution in [0.25, 0.3) is 0 Å². The molecule has 2 rings (SSSR count). The molecule has 0 aliphatic carbocycles. The number of carbonyl (C=O) groups is 1. The zero-order chi connectivity index (χ0) is 20.0. The van der Waals surface area contributed by atoms with Gasteiger partial charge in [-0.2, -0.15) is 0 Å². The fraction of sp³-hybridized carbons (Fsp3) is 0.650. The van der Waals surface area contributed by atoms with Crippen LogP contribution in [0.4, 0.5) is 15.8 Å². The molecule has 1 fully saturated rings. The molecule has 7 heteroatoms. The number of hydrogen-bond acceptors (Lipinski definition) is 4. The van der Waals surface area contributed by atoms with Gasteiger partial charge in [0.1, 0.15) is 11.6 Å². The third-order valence-corrected chi connectivity index (χ3v) is 6.63. The summed E-state index contributed by atoms with van der Waals surface area (Å²) in [6, 6.07) is 4.89. The van der Waals surface area contributed by atoms with Gasteiger partial charge in [0.15, 0.2) is 9.84 Å². The van der Waals surface area contributed by atoms with E-state index in [1.165, 1.54) is 6.07 Å². The number of anilines is 2. The molecular weight excluding hydrogens is 367 g/mol. The quantitative estimate of drug-likeness (QED) is 0.639. The van der Waals surface area contributed by atoms with E-state index in [0.29, 0.717) is 24.1 Å². The topological polar surface area (TPSA) is 66.5 Å². The Labute approximate surface area is 162 Å². The predicted molar refractivity (Wildman–Crippen MR) is 108 cm³/mol. The van der Waals surface area contributed by atoms with Crippen LogP contribution in [0, 0.1) is 11.7 Å². The molecule has 1 amide bonds. The van der Waals surface area contributed by atoms with Gasteiger partial charge in [0.05, 0.1) is 11.4 Å². The minimum absolute atomic E-state index is 0.00705. The number of unbranched alkanes of at least 4 members (excludes halogenated alkanes) is 2. The van der Waals surface area contributed by atoms with Gasteiger partial charge in [-0.3, -0.25) is 4.79 Å². The van der Waals surface area contributed by atoms with E-state index in [-0.39, 0.29) is 11.4 Å². The number of hydrogen-bond donors (Lipinski definition) is 1. The fourth-order valence-corrected chi connectivity index (χ4v) is 4.90. The number of sulfone groups is 1. The SMILES string of the molecule is CCCCCS(=O)(=O)CC(=O)Nc1ccc(N2CCC[C@H]2C(C)C)c(F)c1. The van der Waals surface area contributed by atoms with Crippen molar-refractivity contribution in [3.8, 4) is 0 Å². The van der Waals surface area contributed by atoms with E-state index in [9.17, 15) is 17.6 Å². The van der Waals surface area contributed by atoms with Crippen LogP contribution in [0.3, 0.4) is 0 Å². The smallest absolute Gasteiger partial charge is 0.239 e. The summed E-state index contributed by atoms with van der Waals surface area (Å²) in [7, 11) is -3.44. The third kappa shape index (κ3) is 6.19. The molecule has 5 nitrogen and oxygen atoms in total. The van der Waals surface area contributed by atoms with Crippen LogP contribution in [0.5, 0.6) is 0 Å². The van der Waals surface area contributed by atoms with Crippen molar-refractivity contribution in [2.24, 2.45) is 5.92 Å². The van der Waals surface area contributed by atoms with E-state index in [1.54, 1.807) is 12.1 Å². The summed E-state index contributed by atoms with van der Waals surface area (Å²) in [6.07, 6.45) is 4.38. The molecule has 1 atom stereocenters. The Kier molecular flexibility index (Phi) is 7.65. The van der Waals surface area contributed by atoms with Gasteiger partial charge in [-0.15, -0.1) is 0 Å². The second-order valence-corrected chi connectivity index (χ2v) is 9.84. The van der Waals surface area contributed by atoms with Crippen LogP contribution in [0.15, 0.2) is 18.2 Å². The summed E-state index contributed by atoms with van der Waals surface area (Å²) in [5.74, 6) is -1.15. The molecule has 1 aromatic carbocycles. The molecule has 1 aliphatic heterocycles. The Bertz CT molecular complexity index is 750. The van der Waals surface area contributed by atoms with Crippen LogP contribution < -0.4 is 10.2 Å². The summed E-state index contributed by atoms with van der Waals surface area (Å²) in [4.78, 5) is 14.1. The minimum atomic E-state index is -3.44. The first-order chi connectivity index (χ1) is 12.7. The number of amides is 1. The lowest BCUT2D eigenvalue weighted by Crippen LogP contribution is -2.34. The summed E-state index contributed by atoms with van der Waals surface area (Å²) in [6.45, 7) is 7.08. The Balaban J connectivity index is 2.00. The van der Waals surface area contributed by atoms with Gasteiger partial charge in [-0.25, -0.2) is 12.8 Å². The van der Waals surface area contributed by atoms with Gasteiger partial charge < -0.3 is 10.2 Å². The predicted octanol–water partition coefficient (Wildman–Crippen LogP) is 3.99. The zero-order valence-electron chi connectivity index (χ0n) is 16.5. The minimum Gasteiger partial charge on any atom is -0.366 e. The van der Waals surface area contributed by atoms with E-state index in [4.69, 9.17) is 0 Å². The number of carbonyl (C=O) groups excluding carboxylic acids is 1. The van der Waals surface area contributed by atoms with Crippen LogP contribution in [0.2, 0.25) is 0 Å². The van der Waals surface area contributed by atoms with Gasteiger partial charge >= 0.3 is 0 Å². The Morgan fingerprint density at radius 3 is 2.70 bits per heavy atom. The van der Waals surface area contributed by atoms with Crippen molar-refractivity contribution < 1.29 is 17.6 Å². The monoisotopic (exact) mass is 398 g/mol.